The van der Waals surface area contributed by atoms with E-state index in [1.807, 2.05) is 0 Å². The first-order valence-corrected chi connectivity index (χ1v) is 9.38. The summed E-state index contributed by atoms with van der Waals surface area (Å²) in [5.41, 5.74) is -0.449. The van der Waals surface area contributed by atoms with Crippen LogP contribution >= 0.6 is 0 Å². The molecule has 0 saturated heterocycles. The van der Waals surface area contributed by atoms with Crippen LogP contribution in [-0.4, -0.2) is 31.0 Å². The fourth-order valence-electron chi connectivity index (χ4n) is 2.34. The van der Waals surface area contributed by atoms with Crippen molar-refractivity contribution in [2.75, 3.05) is 5.75 Å². The van der Waals surface area contributed by atoms with Gasteiger partial charge in [0, 0.05) is 6.42 Å². The summed E-state index contributed by atoms with van der Waals surface area (Å²) in [6.45, 7) is 1.21. The molecule has 0 bridgehead atoms. The second-order valence-electron chi connectivity index (χ2n) is 6.01. The summed E-state index contributed by atoms with van der Waals surface area (Å²) in [7, 11) is -4.07. The Kier molecular flexibility index (Phi) is 6.04. The van der Waals surface area contributed by atoms with Crippen LogP contribution in [0.5, 0.6) is 0 Å². The molecule has 27 heavy (non-hydrogen) atoms. The zero-order chi connectivity index (χ0) is 20.4. The van der Waals surface area contributed by atoms with Crippen molar-refractivity contribution in [1.82, 2.24) is 0 Å². The van der Waals surface area contributed by atoms with Gasteiger partial charge in [0.1, 0.15) is 5.82 Å². The number of Topliss-reactive ketones (excluding diaryl/α,β-unsaturated/α-hetero) is 1. The van der Waals surface area contributed by atoms with E-state index in [2.05, 4.69) is 0 Å². The average Bonchev–Trinajstić information content (AvgIpc) is 2.57. The summed E-state index contributed by atoms with van der Waals surface area (Å²) in [6.07, 6.45) is -0.469. The van der Waals surface area contributed by atoms with E-state index < -0.39 is 67.6 Å². The minimum atomic E-state index is -4.07. The Hall–Kier alpha value is -2.68. The maximum Gasteiger partial charge on any atom is 0.307 e. The van der Waals surface area contributed by atoms with Crippen LogP contribution in [0.1, 0.15) is 22.8 Å². The van der Waals surface area contributed by atoms with Gasteiger partial charge in [0.2, 0.25) is 0 Å². The third-order valence-corrected chi connectivity index (χ3v) is 5.75. The van der Waals surface area contributed by atoms with Crippen molar-refractivity contribution in [3.05, 3.63) is 65.0 Å². The van der Waals surface area contributed by atoms with Gasteiger partial charge in [0.15, 0.2) is 27.3 Å². The Labute approximate surface area is 153 Å². The van der Waals surface area contributed by atoms with Crippen molar-refractivity contribution >= 4 is 21.6 Å². The molecule has 144 valence electrons. The lowest BCUT2D eigenvalue weighted by Crippen LogP contribution is -2.21. The summed E-state index contributed by atoms with van der Waals surface area (Å²) in [4.78, 5) is 22.8. The first-order valence-electron chi connectivity index (χ1n) is 7.73. The fraction of sp³-hybridized carbons (Fsp3) is 0.222. The number of carboxylic acids is 1. The predicted octanol–water partition coefficient (Wildman–Crippen LogP) is 3.02. The number of rotatable bonds is 7. The number of ketones is 1. The lowest BCUT2D eigenvalue weighted by atomic mass is 10.0. The van der Waals surface area contributed by atoms with Crippen LogP contribution in [0.25, 0.3) is 0 Å². The van der Waals surface area contributed by atoms with Crippen LogP contribution < -0.4 is 0 Å². The predicted molar refractivity (Wildman–Crippen MR) is 89.6 cm³/mol. The highest BCUT2D eigenvalue weighted by atomic mass is 32.2. The Morgan fingerprint density at radius 2 is 1.63 bits per heavy atom. The van der Waals surface area contributed by atoms with Crippen molar-refractivity contribution in [2.24, 2.45) is 5.92 Å². The van der Waals surface area contributed by atoms with E-state index in [0.29, 0.717) is 0 Å². The zero-order valence-electron chi connectivity index (χ0n) is 14.1. The maximum atomic E-state index is 14.0. The smallest absolute Gasteiger partial charge is 0.307 e. The molecule has 2 aromatic rings. The van der Waals surface area contributed by atoms with Gasteiger partial charge < -0.3 is 5.11 Å². The van der Waals surface area contributed by atoms with Gasteiger partial charge >= 0.3 is 5.97 Å². The molecule has 0 aliphatic carbocycles. The zero-order valence-corrected chi connectivity index (χ0v) is 14.9. The van der Waals surface area contributed by atoms with E-state index in [4.69, 9.17) is 5.11 Å². The average molecular weight is 400 g/mol. The van der Waals surface area contributed by atoms with E-state index in [9.17, 15) is 31.2 Å². The number of sulfone groups is 1. The minimum absolute atomic E-state index is 0.0889. The van der Waals surface area contributed by atoms with Gasteiger partial charge in [-0.25, -0.2) is 21.6 Å². The number of hydrogen-bond acceptors (Lipinski definition) is 4. The number of halogens is 3. The lowest BCUT2D eigenvalue weighted by molar-refractivity contribution is -0.140. The molecule has 2 aromatic carbocycles. The summed E-state index contributed by atoms with van der Waals surface area (Å²) in [5, 5.41) is 8.85. The Morgan fingerprint density at radius 3 is 2.22 bits per heavy atom. The highest BCUT2D eigenvalue weighted by Gasteiger charge is 2.25. The number of hydrogen-bond donors (Lipinski definition) is 1. The molecular weight excluding hydrogens is 385 g/mol. The van der Waals surface area contributed by atoms with Gasteiger partial charge in [-0.2, -0.15) is 0 Å². The molecule has 0 saturated carbocycles. The van der Waals surface area contributed by atoms with Gasteiger partial charge in [0.05, 0.1) is 22.1 Å². The van der Waals surface area contributed by atoms with Gasteiger partial charge in [0.25, 0.3) is 0 Å². The molecule has 5 nitrogen and oxygen atoms in total. The fourth-order valence-corrected chi connectivity index (χ4v) is 3.90. The Bertz CT molecular complexity index is 1000. The lowest BCUT2D eigenvalue weighted by Gasteiger charge is -2.10. The number of carbonyl (C=O) groups is 2. The van der Waals surface area contributed by atoms with Crippen molar-refractivity contribution in [1.29, 1.82) is 0 Å². The minimum Gasteiger partial charge on any atom is -0.481 e. The first kappa shape index (κ1) is 20.6. The molecule has 1 N–H and O–H groups in total. The molecule has 1 atom stereocenters. The molecule has 0 amide bonds. The largest absolute Gasteiger partial charge is 0.481 e. The SMILES string of the molecule is C[C@@H](CS(=O)(=O)c1ccc(F)c(C(=O)Cc2ccc(F)c(F)c2)c1)C(=O)O. The van der Waals surface area contributed by atoms with E-state index in [1.54, 1.807) is 0 Å². The van der Waals surface area contributed by atoms with Crippen LogP contribution in [0.4, 0.5) is 13.2 Å². The quantitative estimate of drug-likeness (QED) is 0.570. The van der Waals surface area contributed by atoms with E-state index in [0.717, 1.165) is 36.4 Å². The molecular formula is C18H15F3O5S. The van der Waals surface area contributed by atoms with Gasteiger partial charge in [-0.15, -0.1) is 0 Å². The molecule has 0 fully saturated rings. The van der Waals surface area contributed by atoms with E-state index >= 15 is 0 Å². The van der Waals surface area contributed by atoms with Crippen LogP contribution in [0.15, 0.2) is 41.3 Å². The van der Waals surface area contributed by atoms with Crippen LogP contribution in [0.2, 0.25) is 0 Å². The summed E-state index contributed by atoms with van der Waals surface area (Å²) in [5.74, 6) is -7.30. The molecule has 0 spiro atoms. The topological polar surface area (TPSA) is 88.5 Å². The molecule has 2 rings (SSSR count). The maximum absolute atomic E-state index is 14.0. The monoisotopic (exact) mass is 400 g/mol. The van der Waals surface area contributed by atoms with Crippen LogP contribution in [-0.2, 0) is 21.1 Å². The van der Waals surface area contributed by atoms with Crippen molar-refractivity contribution in [3.8, 4) is 0 Å². The number of carbonyl (C=O) groups excluding carboxylic acids is 1. The molecule has 0 heterocycles. The summed E-state index contributed by atoms with van der Waals surface area (Å²) >= 11 is 0. The standard InChI is InChI=1S/C18H15F3O5S/c1-10(18(23)24)9-27(25,26)12-3-5-14(19)13(8-12)17(22)7-11-2-4-15(20)16(21)6-11/h2-6,8,10H,7,9H2,1H3,(H,23,24)/t10-/m0/s1. The molecule has 0 aromatic heterocycles. The van der Waals surface area contributed by atoms with Gasteiger partial charge in [-0.1, -0.05) is 13.0 Å². The first-order chi connectivity index (χ1) is 12.5. The van der Waals surface area contributed by atoms with Crippen molar-refractivity contribution < 1.29 is 36.3 Å². The normalized spacial score (nSPS) is 12.6. The molecule has 0 unspecified atom stereocenters. The van der Waals surface area contributed by atoms with Crippen LogP contribution in [0, 0.1) is 23.4 Å². The van der Waals surface area contributed by atoms with E-state index in [-0.39, 0.29) is 5.56 Å². The highest BCUT2D eigenvalue weighted by Crippen LogP contribution is 2.20. The van der Waals surface area contributed by atoms with E-state index in [1.165, 1.54) is 6.92 Å². The number of carboxylic acid groups (broad SMARTS) is 1. The molecule has 9 heteroatoms. The second-order valence-corrected chi connectivity index (χ2v) is 8.05. The molecule has 0 aliphatic rings. The Morgan fingerprint density at radius 1 is 1.00 bits per heavy atom. The Balaban J connectivity index is 2.32. The molecule has 0 radical (unpaired) electrons. The van der Waals surface area contributed by atoms with Crippen molar-refractivity contribution in [3.63, 3.8) is 0 Å². The van der Waals surface area contributed by atoms with Gasteiger partial charge in [-0.05, 0) is 35.9 Å². The van der Waals surface area contributed by atoms with Crippen LogP contribution in [0.3, 0.4) is 0 Å². The highest BCUT2D eigenvalue weighted by molar-refractivity contribution is 7.91. The molecule has 0 aliphatic heterocycles. The third-order valence-electron chi connectivity index (χ3n) is 3.84. The number of benzene rings is 2. The summed E-state index contributed by atoms with van der Waals surface area (Å²) < 4.78 is 64.7. The number of aliphatic carboxylic acids is 1. The third kappa shape index (κ3) is 4.94. The van der Waals surface area contributed by atoms with Gasteiger partial charge in [-0.3, -0.25) is 9.59 Å². The second kappa shape index (κ2) is 7.91. The van der Waals surface area contributed by atoms with Crippen molar-refractivity contribution in [2.45, 2.75) is 18.2 Å². The summed E-state index contributed by atoms with van der Waals surface area (Å²) in [6, 6.07) is 5.32.